The minimum absolute atomic E-state index is 0.315. The molecule has 78 valence electrons. The van der Waals surface area contributed by atoms with Crippen molar-refractivity contribution >= 4 is 18.6 Å². The molecule has 0 spiro atoms. The first-order valence-electron chi connectivity index (χ1n) is 3.36. The molecule has 0 saturated carbocycles. The van der Waals surface area contributed by atoms with E-state index in [4.69, 9.17) is 4.19 Å². The fourth-order valence-electron chi connectivity index (χ4n) is 0.803. The van der Waals surface area contributed by atoms with Gasteiger partial charge in [-0.15, -0.1) is 0 Å². The van der Waals surface area contributed by atoms with Crippen LogP contribution in [-0.2, 0) is 3.83 Å². The summed E-state index contributed by atoms with van der Waals surface area (Å²) in [5, 5.41) is 0. The second kappa shape index (κ2) is 4.08. The van der Waals surface area contributed by atoms with Crippen LogP contribution in [0.1, 0.15) is 0 Å². The zero-order valence-corrected chi connectivity index (χ0v) is 8.33. The van der Waals surface area contributed by atoms with Crippen molar-refractivity contribution in [2.45, 2.75) is 6.36 Å². The molecule has 1 N–H and O–H groups in total. The van der Waals surface area contributed by atoms with Gasteiger partial charge < -0.3 is 0 Å². The molecular weight excluding hydrogens is 268 g/mol. The molecule has 0 aromatic heterocycles. The van der Waals surface area contributed by atoms with Crippen LogP contribution in [0.25, 0.3) is 0 Å². The summed E-state index contributed by atoms with van der Waals surface area (Å²) in [5.74, 6) is -0.623. The third-order valence-corrected chi connectivity index (χ3v) is 2.76. The Labute approximate surface area is 81.5 Å². The number of benzene rings is 1. The standard InChI is InChI=1S/C7H5F3O3Se/c8-7(9,10)13-5-3-1-2-4-6(5)14(11)12/h1-4H,(H,11,12). The number of rotatable bonds is 2. The normalized spacial score (nSPS) is 13.7. The molecule has 14 heavy (non-hydrogen) atoms. The summed E-state index contributed by atoms with van der Waals surface area (Å²) < 4.78 is 58.0. The number of para-hydroxylation sites is 1. The van der Waals surface area contributed by atoms with Crippen molar-refractivity contribution in [3.05, 3.63) is 24.3 Å². The van der Waals surface area contributed by atoms with Gasteiger partial charge in [0.15, 0.2) is 0 Å². The van der Waals surface area contributed by atoms with Gasteiger partial charge in [-0.1, -0.05) is 0 Å². The quantitative estimate of drug-likeness (QED) is 0.807. The number of hydrogen-bond acceptors (Lipinski definition) is 2. The Kier molecular flexibility index (Phi) is 3.25. The second-order valence-corrected chi connectivity index (χ2v) is 4.21. The molecule has 0 saturated heterocycles. The van der Waals surface area contributed by atoms with Crippen LogP contribution in [0, 0.1) is 0 Å². The molecule has 0 fully saturated rings. The van der Waals surface area contributed by atoms with Gasteiger partial charge in [0, 0.05) is 0 Å². The Hall–Kier alpha value is -0.911. The van der Waals surface area contributed by atoms with Crippen LogP contribution in [0.3, 0.4) is 0 Å². The van der Waals surface area contributed by atoms with E-state index in [9.17, 15) is 17.0 Å². The number of alkyl halides is 3. The zero-order valence-electron chi connectivity index (χ0n) is 6.62. The SMILES string of the molecule is O=[Se](O)c1ccccc1OC(F)(F)F. The van der Waals surface area contributed by atoms with Crippen molar-refractivity contribution in [2.24, 2.45) is 0 Å². The Morgan fingerprint density at radius 3 is 2.36 bits per heavy atom. The molecular formula is C7H5F3O3Se. The third-order valence-electron chi connectivity index (χ3n) is 1.26. The van der Waals surface area contributed by atoms with E-state index >= 15 is 0 Å². The summed E-state index contributed by atoms with van der Waals surface area (Å²) in [6.45, 7) is 0. The van der Waals surface area contributed by atoms with Crippen LogP contribution < -0.4 is 9.20 Å². The van der Waals surface area contributed by atoms with Crippen molar-refractivity contribution in [3.8, 4) is 5.75 Å². The Morgan fingerprint density at radius 1 is 1.29 bits per heavy atom. The van der Waals surface area contributed by atoms with Crippen molar-refractivity contribution in [3.63, 3.8) is 0 Å². The Bertz CT molecular complexity index is 350. The van der Waals surface area contributed by atoms with Gasteiger partial charge in [-0.25, -0.2) is 0 Å². The van der Waals surface area contributed by atoms with E-state index in [2.05, 4.69) is 4.74 Å². The van der Waals surface area contributed by atoms with Crippen molar-refractivity contribution in [1.29, 1.82) is 0 Å². The molecule has 1 atom stereocenters. The average Bonchev–Trinajstić information content (AvgIpc) is 2.01. The van der Waals surface area contributed by atoms with E-state index in [1.54, 1.807) is 0 Å². The molecule has 0 heterocycles. The van der Waals surface area contributed by atoms with Crippen LogP contribution in [0.5, 0.6) is 5.75 Å². The van der Waals surface area contributed by atoms with Gasteiger partial charge in [-0.05, 0) is 0 Å². The molecule has 0 aliphatic rings. The number of hydrogen-bond donors (Lipinski definition) is 1. The average molecular weight is 273 g/mol. The van der Waals surface area contributed by atoms with E-state index in [0.717, 1.165) is 12.1 Å². The van der Waals surface area contributed by atoms with E-state index in [1.807, 2.05) is 0 Å². The third kappa shape index (κ3) is 3.10. The molecule has 7 heteroatoms. The maximum absolute atomic E-state index is 11.8. The summed E-state index contributed by atoms with van der Waals surface area (Å²) in [6, 6.07) is 4.77. The fraction of sp³-hybridized carbons (Fsp3) is 0.143. The zero-order chi connectivity index (χ0) is 10.8. The number of ether oxygens (including phenoxy) is 1. The molecule has 1 unspecified atom stereocenters. The molecule has 3 nitrogen and oxygen atoms in total. The van der Waals surface area contributed by atoms with Gasteiger partial charge in [-0.3, -0.25) is 0 Å². The van der Waals surface area contributed by atoms with E-state index in [1.165, 1.54) is 12.1 Å². The van der Waals surface area contributed by atoms with Crippen LogP contribution in [0.2, 0.25) is 0 Å². The summed E-state index contributed by atoms with van der Waals surface area (Å²) in [7, 11) is 0. The summed E-state index contributed by atoms with van der Waals surface area (Å²) in [5.41, 5.74) is 0. The van der Waals surface area contributed by atoms with Crippen LogP contribution in [0.15, 0.2) is 24.3 Å². The van der Waals surface area contributed by atoms with Crippen molar-refractivity contribution < 1.29 is 25.9 Å². The summed E-state index contributed by atoms with van der Waals surface area (Å²) in [6.07, 6.45) is -4.85. The Morgan fingerprint density at radius 2 is 1.86 bits per heavy atom. The van der Waals surface area contributed by atoms with Crippen molar-refractivity contribution in [1.82, 2.24) is 0 Å². The van der Waals surface area contributed by atoms with E-state index in [-0.39, 0.29) is 4.46 Å². The summed E-state index contributed by atoms with van der Waals surface area (Å²) >= 11 is -3.40. The van der Waals surface area contributed by atoms with Gasteiger partial charge in [0.25, 0.3) is 0 Å². The van der Waals surface area contributed by atoms with Crippen LogP contribution in [0.4, 0.5) is 13.2 Å². The monoisotopic (exact) mass is 274 g/mol. The predicted octanol–water partition coefficient (Wildman–Crippen LogP) is 0.703. The molecule has 1 rings (SSSR count). The first-order valence-corrected chi connectivity index (χ1v) is 5.68. The first-order chi connectivity index (χ1) is 6.40. The molecule has 0 amide bonds. The van der Waals surface area contributed by atoms with Gasteiger partial charge in [0.05, 0.1) is 0 Å². The van der Waals surface area contributed by atoms with Crippen LogP contribution in [-0.4, -0.2) is 24.7 Å². The molecule has 0 aliphatic heterocycles. The predicted molar refractivity (Wildman–Crippen MR) is 41.4 cm³/mol. The maximum atomic E-state index is 11.8. The van der Waals surface area contributed by atoms with Gasteiger partial charge >= 0.3 is 80.9 Å². The molecule has 1 aromatic rings. The van der Waals surface area contributed by atoms with Crippen molar-refractivity contribution in [2.75, 3.05) is 0 Å². The number of halogens is 3. The molecule has 0 radical (unpaired) electrons. The second-order valence-electron chi connectivity index (χ2n) is 2.24. The van der Waals surface area contributed by atoms with E-state index < -0.39 is 26.3 Å². The van der Waals surface area contributed by atoms with Crippen LogP contribution >= 0.6 is 0 Å². The Balaban J connectivity index is 3.02. The topological polar surface area (TPSA) is 46.5 Å². The molecule has 0 aliphatic carbocycles. The first kappa shape index (κ1) is 11.2. The van der Waals surface area contributed by atoms with E-state index in [0.29, 0.717) is 0 Å². The van der Waals surface area contributed by atoms with Gasteiger partial charge in [0.1, 0.15) is 0 Å². The fourth-order valence-corrected chi connectivity index (χ4v) is 1.80. The summed E-state index contributed by atoms with van der Waals surface area (Å²) in [4.78, 5) is 0. The van der Waals surface area contributed by atoms with Gasteiger partial charge in [0.2, 0.25) is 0 Å². The molecule has 0 bridgehead atoms. The minimum atomic E-state index is -4.85. The molecule has 1 aromatic carbocycles. The van der Waals surface area contributed by atoms with Gasteiger partial charge in [-0.2, -0.15) is 0 Å².